The number of nitrogens with one attached hydrogen (secondary N) is 1. The molecule has 6 rings (SSSR count). The molecule has 0 radical (unpaired) electrons. The molecule has 2 N–H and O–H groups in total. The first kappa shape index (κ1) is 23.9. The second kappa shape index (κ2) is 10.1. The topological polar surface area (TPSA) is 44.7 Å². The van der Waals surface area contributed by atoms with Crippen LogP contribution in [-0.4, -0.2) is 11.8 Å². The molecule has 6 heteroatoms. The molecule has 0 aliphatic carbocycles. The van der Waals surface area contributed by atoms with E-state index in [0.29, 0.717) is 6.73 Å². The van der Waals surface area contributed by atoms with Gasteiger partial charge >= 0.3 is 0 Å². The summed E-state index contributed by atoms with van der Waals surface area (Å²) in [6, 6.07) is 34.3. The molecule has 0 spiro atoms. The van der Waals surface area contributed by atoms with Crippen molar-refractivity contribution < 1.29 is 9.84 Å². The lowest BCUT2D eigenvalue weighted by atomic mass is 9.93. The van der Waals surface area contributed by atoms with Gasteiger partial charge < -0.3 is 20.1 Å². The number of benzene rings is 5. The van der Waals surface area contributed by atoms with E-state index in [2.05, 4.69) is 72.4 Å². The Labute approximate surface area is 232 Å². The SMILES string of the molecule is Oc1cc2ccccc2cc1C(Nc1ccc(Br)cc1)c1ccc2c(c1)CN(c1ccccc1Br)CO2. The van der Waals surface area contributed by atoms with Crippen LogP contribution in [0.25, 0.3) is 10.8 Å². The number of rotatable bonds is 5. The minimum atomic E-state index is -0.269. The number of fused-ring (bicyclic) bond motifs is 2. The van der Waals surface area contributed by atoms with Crippen molar-refractivity contribution in [1.82, 2.24) is 0 Å². The summed E-state index contributed by atoms with van der Waals surface area (Å²) in [5.41, 5.74) is 5.02. The molecule has 0 saturated carbocycles. The number of hydrogen-bond acceptors (Lipinski definition) is 4. The van der Waals surface area contributed by atoms with Gasteiger partial charge in [0.1, 0.15) is 11.5 Å². The van der Waals surface area contributed by atoms with Crippen LogP contribution in [0.5, 0.6) is 11.5 Å². The molecule has 184 valence electrons. The van der Waals surface area contributed by atoms with Crippen molar-refractivity contribution in [2.24, 2.45) is 0 Å². The van der Waals surface area contributed by atoms with E-state index in [0.717, 1.165) is 60.1 Å². The van der Waals surface area contributed by atoms with Crippen LogP contribution < -0.4 is 15.0 Å². The minimum absolute atomic E-state index is 0.261. The molecule has 0 amide bonds. The van der Waals surface area contributed by atoms with Gasteiger partial charge in [-0.15, -0.1) is 0 Å². The molecule has 1 unspecified atom stereocenters. The Bertz CT molecular complexity index is 1590. The fourth-order valence-electron chi connectivity index (χ4n) is 4.84. The number of ether oxygens (including phenoxy) is 1. The Morgan fingerprint density at radius 2 is 1.54 bits per heavy atom. The van der Waals surface area contributed by atoms with Gasteiger partial charge in [0.05, 0.1) is 11.7 Å². The molecular weight excluding hydrogens is 592 g/mol. The van der Waals surface area contributed by atoms with E-state index >= 15 is 0 Å². The van der Waals surface area contributed by atoms with Crippen LogP contribution in [0.2, 0.25) is 0 Å². The van der Waals surface area contributed by atoms with Crippen LogP contribution in [0.15, 0.2) is 112 Å². The number of phenols is 1. The molecule has 1 atom stereocenters. The number of aromatic hydroxyl groups is 1. The first-order valence-corrected chi connectivity index (χ1v) is 13.6. The molecule has 1 aliphatic heterocycles. The third-order valence-corrected chi connectivity index (χ3v) is 7.91. The first-order valence-electron chi connectivity index (χ1n) is 12.0. The molecule has 0 saturated heterocycles. The quantitative estimate of drug-likeness (QED) is 0.208. The van der Waals surface area contributed by atoms with Crippen LogP contribution in [0.4, 0.5) is 11.4 Å². The van der Waals surface area contributed by atoms with Crippen molar-refractivity contribution >= 4 is 54.0 Å². The summed E-state index contributed by atoms with van der Waals surface area (Å²) in [6.07, 6.45) is 0. The summed E-state index contributed by atoms with van der Waals surface area (Å²) in [5.74, 6) is 1.15. The zero-order chi connectivity index (χ0) is 25.4. The van der Waals surface area contributed by atoms with E-state index in [1.54, 1.807) is 0 Å². The summed E-state index contributed by atoms with van der Waals surface area (Å²) in [6.45, 7) is 1.21. The Balaban J connectivity index is 1.42. The van der Waals surface area contributed by atoms with Gasteiger partial charge in [-0.1, -0.05) is 58.4 Å². The van der Waals surface area contributed by atoms with Crippen molar-refractivity contribution in [3.05, 3.63) is 129 Å². The summed E-state index contributed by atoms with van der Waals surface area (Å²) >= 11 is 7.19. The van der Waals surface area contributed by atoms with Gasteiger partial charge in [-0.05, 0) is 92.9 Å². The van der Waals surface area contributed by atoms with Crippen molar-refractivity contribution in [3.8, 4) is 11.5 Å². The standard InChI is InChI=1S/C31H24Br2N2O2/c32-24-10-12-25(13-11-24)34-31(26-16-20-5-1-2-6-21(20)17-29(26)36)22-9-14-30-23(15-22)18-35(19-37-30)28-8-4-3-7-27(28)33/h1-17,31,34,36H,18-19H2. The molecule has 0 bridgehead atoms. The average molecular weight is 616 g/mol. The fraction of sp³-hybridized carbons (Fsp3) is 0.0968. The lowest BCUT2D eigenvalue weighted by molar-refractivity contribution is 0.289. The highest BCUT2D eigenvalue weighted by Gasteiger charge is 2.24. The summed E-state index contributed by atoms with van der Waals surface area (Å²) in [4.78, 5) is 2.21. The Kier molecular flexibility index (Phi) is 6.53. The second-order valence-corrected chi connectivity index (χ2v) is 10.9. The van der Waals surface area contributed by atoms with Gasteiger partial charge in [0.15, 0.2) is 6.73 Å². The van der Waals surface area contributed by atoms with E-state index in [1.165, 1.54) is 0 Å². The number of para-hydroxylation sites is 1. The smallest absolute Gasteiger partial charge is 0.161 e. The van der Waals surface area contributed by atoms with Gasteiger partial charge in [-0.25, -0.2) is 0 Å². The molecule has 0 fully saturated rings. The number of nitrogens with zero attached hydrogens (tertiary/aromatic N) is 1. The highest BCUT2D eigenvalue weighted by molar-refractivity contribution is 9.10. The normalized spacial score (nSPS) is 13.6. The van der Waals surface area contributed by atoms with Gasteiger partial charge in [-0.2, -0.15) is 0 Å². The second-order valence-electron chi connectivity index (χ2n) is 9.13. The van der Waals surface area contributed by atoms with Crippen molar-refractivity contribution in [1.29, 1.82) is 0 Å². The zero-order valence-electron chi connectivity index (χ0n) is 19.9. The fourth-order valence-corrected chi connectivity index (χ4v) is 5.64. The molecule has 5 aromatic carbocycles. The van der Waals surface area contributed by atoms with Crippen LogP contribution >= 0.6 is 31.9 Å². The average Bonchev–Trinajstić information content (AvgIpc) is 2.92. The Morgan fingerprint density at radius 1 is 0.811 bits per heavy atom. The first-order chi connectivity index (χ1) is 18.0. The number of hydrogen-bond donors (Lipinski definition) is 2. The third-order valence-electron chi connectivity index (χ3n) is 6.71. The molecule has 37 heavy (non-hydrogen) atoms. The summed E-state index contributed by atoms with van der Waals surface area (Å²) < 4.78 is 8.18. The van der Waals surface area contributed by atoms with Crippen LogP contribution in [0.3, 0.4) is 0 Å². The predicted octanol–water partition coefficient (Wildman–Crippen LogP) is 8.63. The highest BCUT2D eigenvalue weighted by atomic mass is 79.9. The number of phenolic OH excluding ortho intramolecular Hbond substituents is 1. The highest BCUT2D eigenvalue weighted by Crippen LogP contribution is 2.39. The molecule has 0 aromatic heterocycles. The minimum Gasteiger partial charge on any atom is -0.508 e. The lowest BCUT2D eigenvalue weighted by Gasteiger charge is -2.32. The van der Waals surface area contributed by atoms with Crippen molar-refractivity contribution in [2.75, 3.05) is 16.9 Å². The van der Waals surface area contributed by atoms with Gasteiger partial charge in [-0.3, -0.25) is 0 Å². The molecule has 1 heterocycles. The molecule has 5 aromatic rings. The maximum Gasteiger partial charge on any atom is 0.161 e. The summed E-state index contributed by atoms with van der Waals surface area (Å²) in [7, 11) is 0. The number of anilines is 2. The lowest BCUT2D eigenvalue weighted by Crippen LogP contribution is -2.32. The predicted molar refractivity (Wildman–Crippen MR) is 157 cm³/mol. The Morgan fingerprint density at radius 3 is 2.32 bits per heavy atom. The van der Waals surface area contributed by atoms with Crippen LogP contribution in [0, 0.1) is 0 Å². The van der Waals surface area contributed by atoms with Gasteiger partial charge in [0, 0.05) is 32.3 Å². The Hall–Kier alpha value is -3.48. The molecular formula is C31H24Br2N2O2. The van der Waals surface area contributed by atoms with E-state index in [-0.39, 0.29) is 11.8 Å². The maximum atomic E-state index is 11.1. The van der Waals surface area contributed by atoms with Crippen LogP contribution in [0.1, 0.15) is 22.7 Å². The van der Waals surface area contributed by atoms with Crippen molar-refractivity contribution in [2.45, 2.75) is 12.6 Å². The molecule has 4 nitrogen and oxygen atoms in total. The number of halogens is 2. The van der Waals surface area contributed by atoms with E-state index in [1.807, 2.05) is 72.8 Å². The van der Waals surface area contributed by atoms with E-state index < -0.39 is 0 Å². The third kappa shape index (κ3) is 4.91. The summed E-state index contributed by atoms with van der Waals surface area (Å²) in [5, 5.41) is 16.9. The van der Waals surface area contributed by atoms with Gasteiger partial charge in [0.25, 0.3) is 0 Å². The largest absolute Gasteiger partial charge is 0.508 e. The van der Waals surface area contributed by atoms with E-state index in [9.17, 15) is 5.11 Å². The zero-order valence-corrected chi connectivity index (χ0v) is 23.0. The van der Waals surface area contributed by atoms with E-state index in [4.69, 9.17) is 4.74 Å². The van der Waals surface area contributed by atoms with Crippen molar-refractivity contribution in [3.63, 3.8) is 0 Å². The van der Waals surface area contributed by atoms with Crippen LogP contribution in [-0.2, 0) is 6.54 Å². The molecule has 1 aliphatic rings. The maximum absolute atomic E-state index is 11.1. The monoisotopic (exact) mass is 614 g/mol. The van der Waals surface area contributed by atoms with Gasteiger partial charge in [0.2, 0.25) is 0 Å².